The van der Waals surface area contributed by atoms with Gasteiger partial charge in [-0.3, -0.25) is 0 Å². The van der Waals surface area contributed by atoms with Crippen molar-refractivity contribution >= 4 is 29.2 Å². The van der Waals surface area contributed by atoms with Gasteiger partial charge in [-0.05, 0) is 49.2 Å². The second-order valence-corrected chi connectivity index (χ2v) is 7.13. The number of halogens is 2. The fourth-order valence-corrected chi connectivity index (χ4v) is 3.37. The van der Waals surface area contributed by atoms with E-state index < -0.39 is 0 Å². The number of nitrogens with zero attached hydrogens (tertiary/aromatic N) is 2. The molecule has 27 heavy (non-hydrogen) atoms. The number of aromatic nitrogens is 2. The molecule has 1 aromatic heterocycles. The maximum atomic E-state index is 12.3. The Labute approximate surface area is 168 Å². The molecular formula is C20H20Cl2N4O. The lowest BCUT2D eigenvalue weighted by molar-refractivity contribution is 0.235. The molecule has 0 bridgehead atoms. The highest BCUT2D eigenvalue weighted by molar-refractivity contribution is 6.35. The van der Waals surface area contributed by atoms with Gasteiger partial charge in [0.25, 0.3) is 0 Å². The van der Waals surface area contributed by atoms with Crippen LogP contribution >= 0.6 is 23.2 Å². The molecule has 1 heterocycles. The van der Waals surface area contributed by atoms with Gasteiger partial charge in [0, 0.05) is 28.1 Å². The maximum absolute atomic E-state index is 12.3. The molecule has 140 valence electrons. The van der Waals surface area contributed by atoms with Crippen LogP contribution in [-0.4, -0.2) is 15.6 Å². The normalized spacial score (nSPS) is 13.0. The average molecular weight is 403 g/mol. The van der Waals surface area contributed by atoms with Crippen LogP contribution in [0.4, 0.5) is 4.79 Å². The number of carbonyl (C=O) groups is 1. The summed E-state index contributed by atoms with van der Waals surface area (Å²) < 4.78 is 1.92. The zero-order valence-electron chi connectivity index (χ0n) is 15.0. The Morgan fingerprint density at radius 3 is 2.37 bits per heavy atom. The van der Waals surface area contributed by atoms with E-state index in [-0.39, 0.29) is 18.1 Å². The third-order valence-corrected chi connectivity index (χ3v) is 4.88. The van der Waals surface area contributed by atoms with E-state index in [4.69, 9.17) is 23.2 Å². The van der Waals surface area contributed by atoms with Crippen LogP contribution in [0, 0.1) is 0 Å². The molecule has 2 N–H and O–H groups in total. The largest absolute Gasteiger partial charge is 0.332 e. The quantitative estimate of drug-likeness (QED) is 0.607. The molecule has 3 aromatic rings. The van der Waals surface area contributed by atoms with Gasteiger partial charge in [0.1, 0.15) is 0 Å². The summed E-state index contributed by atoms with van der Waals surface area (Å²) in [5.74, 6) is 0. The molecule has 7 heteroatoms. The fraction of sp³-hybridized carbons (Fsp3) is 0.200. The monoisotopic (exact) mass is 402 g/mol. The number of imidazole rings is 1. The SMILES string of the molecule is CC(NC(=O)NC(C)c1ccc(Cl)cc1Cl)c1ccc(-n2ccnc2)cc1. The topological polar surface area (TPSA) is 59.0 Å². The molecule has 0 aliphatic heterocycles. The van der Waals surface area contributed by atoms with Crippen LogP contribution in [0.2, 0.25) is 10.0 Å². The minimum absolute atomic E-state index is 0.144. The van der Waals surface area contributed by atoms with E-state index in [0.717, 1.165) is 16.8 Å². The predicted octanol–water partition coefficient (Wildman–Crippen LogP) is 5.30. The molecule has 0 fully saturated rings. The lowest BCUT2D eigenvalue weighted by Gasteiger charge is -2.20. The van der Waals surface area contributed by atoms with Gasteiger partial charge in [-0.1, -0.05) is 41.4 Å². The summed E-state index contributed by atoms with van der Waals surface area (Å²) in [6.07, 6.45) is 5.36. The highest BCUT2D eigenvalue weighted by Crippen LogP contribution is 2.26. The number of carbonyl (C=O) groups excluding carboxylic acids is 1. The number of hydrogen-bond donors (Lipinski definition) is 2. The van der Waals surface area contributed by atoms with Crippen LogP contribution in [0.25, 0.3) is 5.69 Å². The van der Waals surface area contributed by atoms with E-state index in [1.165, 1.54) is 0 Å². The standard InChI is InChI=1S/C20H20Cl2N4O/c1-13(15-3-6-17(7-4-15)26-10-9-23-12-26)24-20(27)25-14(2)18-8-5-16(21)11-19(18)22/h3-14H,1-2H3,(H2,24,25,27). The van der Waals surface area contributed by atoms with Crippen molar-refractivity contribution < 1.29 is 4.79 Å². The van der Waals surface area contributed by atoms with E-state index in [9.17, 15) is 4.79 Å². The lowest BCUT2D eigenvalue weighted by Crippen LogP contribution is -2.38. The first-order valence-corrected chi connectivity index (χ1v) is 9.30. The van der Waals surface area contributed by atoms with Crippen molar-refractivity contribution in [1.82, 2.24) is 20.2 Å². The zero-order valence-corrected chi connectivity index (χ0v) is 16.5. The van der Waals surface area contributed by atoms with Gasteiger partial charge in [0.15, 0.2) is 0 Å². The zero-order chi connectivity index (χ0) is 19.4. The summed E-state index contributed by atoms with van der Waals surface area (Å²) in [6, 6.07) is 12.5. The molecule has 5 nitrogen and oxygen atoms in total. The average Bonchev–Trinajstić information content (AvgIpc) is 3.16. The van der Waals surface area contributed by atoms with Gasteiger partial charge in [0.05, 0.1) is 18.4 Å². The van der Waals surface area contributed by atoms with E-state index >= 15 is 0 Å². The second kappa shape index (κ2) is 8.46. The molecular weight excluding hydrogens is 383 g/mol. The van der Waals surface area contributed by atoms with Crippen LogP contribution < -0.4 is 10.6 Å². The van der Waals surface area contributed by atoms with Crippen LogP contribution in [0.3, 0.4) is 0 Å². The molecule has 2 amide bonds. The van der Waals surface area contributed by atoms with Gasteiger partial charge in [-0.15, -0.1) is 0 Å². The first kappa shape index (κ1) is 19.3. The molecule has 2 unspecified atom stereocenters. The van der Waals surface area contributed by atoms with Gasteiger partial charge >= 0.3 is 6.03 Å². The Kier molecular flexibility index (Phi) is 6.04. The molecule has 0 saturated heterocycles. The van der Waals surface area contributed by atoms with Gasteiger partial charge in [0.2, 0.25) is 0 Å². The molecule has 2 aromatic carbocycles. The number of rotatable bonds is 5. The smallest absolute Gasteiger partial charge is 0.315 e. The third-order valence-electron chi connectivity index (χ3n) is 4.32. The fourth-order valence-electron chi connectivity index (χ4n) is 2.80. The Morgan fingerprint density at radius 2 is 1.74 bits per heavy atom. The molecule has 3 rings (SSSR count). The third kappa shape index (κ3) is 4.81. The van der Waals surface area contributed by atoms with Gasteiger partial charge < -0.3 is 15.2 Å². The Balaban J connectivity index is 1.60. The van der Waals surface area contributed by atoms with E-state index in [2.05, 4.69) is 15.6 Å². The van der Waals surface area contributed by atoms with Crippen LogP contribution in [-0.2, 0) is 0 Å². The maximum Gasteiger partial charge on any atom is 0.315 e. The first-order valence-electron chi connectivity index (χ1n) is 8.54. The van der Waals surface area contributed by atoms with E-state index in [1.54, 1.807) is 24.7 Å². The summed E-state index contributed by atoms with van der Waals surface area (Å²) >= 11 is 12.1. The van der Waals surface area contributed by atoms with Crippen LogP contribution in [0.15, 0.2) is 61.2 Å². The first-order chi connectivity index (χ1) is 12.9. The van der Waals surface area contributed by atoms with Crippen molar-refractivity contribution in [3.8, 4) is 5.69 Å². The second-order valence-electron chi connectivity index (χ2n) is 6.29. The Morgan fingerprint density at radius 1 is 1.04 bits per heavy atom. The Bertz CT molecular complexity index is 910. The molecule has 0 aliphatic carbocycles. The summed E-state index contributed by atoms with van der Waals surface area (Å²) in [6.45, 7) is 3.81. The van der Waals surface area contributed by atoms with Gasteiger partial charge in [-0.2, -0.15) is 0 Å². The van der Waals surface area contributed by atoms with Crippen LogP contribution in [0.5, 0.6) is 0 Å². The van der Waals surface area contributed by atoms with Crippen LogP contribution in [0.1, 0.15) is 37.1 Å². The highest BCUT2D eigenvalue weighted by atomic mass is 35.5. The number of amides is 2. The summed E-state index contributed by atoms with van der Waals surface area (Å²) in [5, 5.41) is 6.93. The number of benzene rings is 2. The summed E-state index contributed by atoms with van der Waals surface area (Å²) in [5.41, 5.74) is 2.83. The van der Waals surface area contributed by atoms with Crippen molar-refractivity contribution in [3.63, 3.8) is 0 Å². The van der Waals surface area contributed by atoms with Crippen molar-refractivity contribution in [3.05, 3.63) is 82.4 Å². The molecule has 2 atom stereocenters. The number of urea groups is 1. The minimum atomic E-state index is -0.264. The Hall–Kier alpha value is -2.50. The van der Waals surface area contributed by atoms with Crippen molar-refractivity contribution in [2.24, 2.45) is 0 Å². The van der Waals surface area contributed by atoms with Gasteiger partial charge in [-0.25, -0.2) is 9.78 Å². The molecule has 0 spiro atoms. The van der Waals surface area contributed by atoms with E-state index in [1.807, 2.05) is 54.9 Å². The van der Waals surface area contributed by atoms with Crippen molar-refractivity contribution in [1.29, 1.82) is 0 Å². The molecule has 0 aliphatic rings. The van der Waals surface area contributed by atoms with Crippen molar-refractivity contribution in [2.75, 3.05) is 0 Å². The van der Waals surface area contributed by atoms with Crippen molar-refractivity contribution in [2.45, 2.75) is 25.9 Å². The number of hydrogen-bond acceptors (Lipinski definition) is 2. The predicted molar refractivity (Wildman–Crippen MR) is 109 cm³/mol. The number of nitrogens with one attached hydrogen (secondary N) is 2. The summed E-state index contributed by atoms with van der Waals surface area (Å²) in [7, 11) is 0. The van der Waals surface area contributed by atoms with E-state index in [0.29, 0.717) is 10.0 Å². The highest BCUT2D eigenvalue weighted by Gasteiger charge is 2.15. The molecule has 0 saturated carbocycles. The molecule has 0 radical (unpaired) electrons. The lowest BCUT2D eigenvalue weighted by atomic mass is 10.1. The summed E-state index contributed by atoms with van der Waals surface area (Å²) in [4.78, 5) is 16.4. The minimum Gasteiger partial charge on any atom is -0.332 e.